The molecule has 0 aliphatic carbocycles. The van der Waals surface area contributed by atoms with Gasteiger partial charge >= 0.3 is 0 Å². The first-order valence-corrected chi connectivity index (χ1v) is 7.71. The van der Waals surface area contributed by atoms with Crippen LogP contribution >= 0.6 is 0 Å². The van der Waals surface area contributed by atoms with Crippen LogP contribution in [0.5, 0.6) is 0 Å². The van der Waals surface area contributed by atoms with Gasteiger partial charge in [-0.15, -0.1) is 0 Å². The second-order valence-corrected chi connectivity index (χ2v) is 6.98. The Kier molecular flexibility index (Phi) is 4.67. The molecule has 0 aromatic heterocycles. The minimum Gasteiger partial charge on any atom is -0.339 e. The van der Waals surface area contributed by atoms with E-state index in [0.29, 0.717) is 22.5 Å². The normalized spacial score (nSPS) is 19.7. The van der Waals surface area contributed by atoms with Crippen molar-refractivity contribution in [1.82, 2.24) is 4.90 Å². The number of amides is 1. The second kappa shape index (κ2) is 6.30. The van der Waals surface area contributed by atoms with Crippen LogP contribution in [-0.4, -0.2) is 23.9 Å². The van der Waals surface area contributed by atoms with Gasteiger partial charge in [0.1, 0.15) is 0 Å². The zero-order valence-corrected chi connectivity index (χ0v) is 13.2. The summed E-state index contributed by atoms with van der Waals surface area (Å²) in [5, 5.41) is 8.81. The van der Waals surface area contributed by atoms with Gasteiger partial charge in [0.05, 0.1) is 11.6 Å². The molecule has 0 bridgehead atoms. The molecule has 1 aromatic carbocycles. The van der Waals surface area contributed by atoms with E-state index in [1.807, 2.05) is 4.90 Å². The lowest BCUT2D eigenvalue weighted by molar-refractivity contribution is 0.0755. The maximum atomic E-state index is 12.6. The number of rotatable bonds is 1. The van der Waals surface area contributed by atoms with Crippen molar-refractivity contribution in [3.8, 4) is 6.07 Å². The molecule has 21 heavy (non-hydrogen) atoms. The number of likely N-dealkylation sites (tertiary alicyclic amines) is 1. The third-order valence-electron chi connectivity index (χ3n) is 4.50. The number of carbonyl (C=O) groups excluding carboxylic acids is 1. The fourth-order valence-electron chi connectivity index (χ4n) is 3.04. The van der Waals surface area contributed by atoms with Gasteiger partial charge in [-0.1, -0.05) is 20.8 Å². The van der Waals surface area contributed by atoms with Gasteiger partial charge in [0.2, 0.25) is 0 Å². The highest BCUT2D eigenvalue weighted by Gasteiger charge is 2.28. The Bertz CT molecular complexity index is 534. The van der Waals surface area contributed by atoms with Crippen LogP contribution in [0.2, 0.25) is 0 Å². The first-order valence-electron chi connectivity index (χ1n) is 7.71. The zero-order chi connectivity index (χ0) is 15.5. The fraction of sp³-hybridized carbons (Fsp3) is 0.556. The number of benzene rings is 1. The van der Waals surface area contributed by atoms with E-state index in [4.69, 9.17) is 5.26 Å². The molecule has 2 rings (SSSR count). The Balaban J connectivity index is 2.04. The zero-order valence-electron chi connectivity index (χ0n) is 13.2. The summed E-state index contributed by atoms with van der Waals surface area (Å²) in [4.78, 5) is 14.5. The molecule has 1 aliphatic heterocycles. The lowest BCUT2D eigenvalue weighted by Gasteiger charge is -2.29. The molecule has 1 amide bonds. The molecular formula is C18H24N2O. The van der Waals surface area contributed by atoms with Crippen LogP contribution in [0.15, 0.2) is 24.3 Å². The van der Waals surface area contributed by atoms with Crippen LogP contribution in [0.1, 0.15) is 56.0 Å². The monoisotopic (exact) mass is 284 g/mol. The summed E-state index contributed by atoms with van der Waals surface area (Å²) in [7, 11) is 0. The summed E-state index contributed by atoms with van der Waals surface area (Å²) in [5.41, 5.74) is 1.59. The van der Waals surface area contributed by atoms with Crippen molar-refractivity contribution >= 4 is 5.91 Å². The van der Waals surface area contributed by atoms with E-state index in [-0.39, 0.29) is 5.91 Å². The molecule has 0 N–H and O–H groups in total. The average Bonchev–Trinajstić information content (AvgIpc) is 2.72. The van der Waals surface area contributed by atoms with Crippen LogP contribution in [0.25, 0.3) is 0 Å². The van der Waals surface area contributed by atoms with Crippen LogP contribution in [0, 0.1) is 22.7 Å². The van der Waals surface area contributed by atoms with Crippen molar-refractivity contribution in [3.63, 3.8) is 0 Å². The molecule has 0 radical (unpaired) electrons. The van der Waals surface area contributed by atoms with Gasteiger partial charge in [-0.25, -0.2) is 0 Å². The Morgan fingerprint density at radius 2 is 1.86 bits per heavy atom. The lowest BCUT2D eigenvalue weighted by atomic mass is 9.77. The lowest BCUT2D eigenvalue weighted by Crippen LogP contribution is -2.32. The smallest absolute Gasteiger partial charge is 0.253 e. The Morgan fingerprint density at radius 1 is 1.19 bits per heavy atom. The van der Waals surface area contributed by atoms with E-state index in [1.54, 1.807) is 24.3 Å². The molecule has 112 valence electrons. The van der Waals surface area contributed by atoms with Crippen molar-refractivity contribution in [1.29, 1.82) is 5.26 Å². The predicted octanol–water partition coefficient (Wildman–Crippen LogP) is 3.85. The van der Waals surface area contributed by atoms with Gasteiger partial charge in [0.15, 0.2) is 0 Å². The summed E-state index contributed by atoms with van der Waals surface area (Å²) >= 11 is 0. The predicted molar refractivity (Wildman–Crippen MR) is 83.9 cm³/mol. The SMILES string of the molecule is CC(C)(C)C1CCCN(C(=O)c2ccc(C#N)cc2)CC1. The summed E-state index contributed by atoms with van der Waals surface area (Å²) in [5.74, 6) is 0.769. The van der Waals surface area contributed by atoms with E-state index in [1.165, 1.54) is 6.42 Å². The number of nitrogens with zero attached hydrogens (tertiary/aromatic N) is 2. The number of carbonyl (C=O) groups is 1. The maximum absolute atomic E-state index is 12.6. The van der Waals surface area contributed by atoms with Crippen molar-refractivity contribution < 1.29 is 4.79 Å². The molecule has 1 unspecified atom stereocenters. The van der Waals surface area contributed by atoms with E-state index in [2.05, 4.69) is 26.8 Å². The van der Waals surface area contributed by atoms with E-state index in [9.17, 15) is 4.79 Å². The minimum atomic E-state index is 0.0917. The molecule has 1 aliphatic rings. The van der Waals surface area contributed by atoms with E-state index in [0.717, 1.165) is 25.9 Å². The maximum Gasteiger partial charge on any atom is 0.253 e. The molecule has 3 heteroatoms. The molecule has 0 saturated carbocycles. The van der Waals surface area contributed by atoms with Crippen LogP contribution in [0.3, 0.4) is 0 Å². The van der Waals surface area contributed by atoms with Gasteiger partial charge in [0.25, 0.3) is 5.91 Å². The summed E-state index contributed by atoms with van der Waals surface area (Å²) in [6.07, 6.45) is 3.34. The van der Waals surface area contributed by atoms with Gasteiger partial charge in [-0.2, -0.15) is 5.26 Å². The van der Waals surface area contributed by atoms with E-state index < -0.39 is 0 Å². The summed E-state index contributed by atoms with van der Waals surface area (Å²) in [6, 6.07) is 9.02. The van der Waals surface area contributed by atoms with Crippen LogP contribution < -0.4 is 0 Å². The molecule has 3 nitrogen and oxygen atoms in total. The molecule has 1 fully saturated rings. The van der Waals surface area contributed by atoms with Crippen molar-refractivity contribution in [2.75, 3.05) is 13.1 Å². The topological polar surface area (TPSA) is 44.1 Å². The molecule has 1 aromatic rings. The highest BCUT2D eigenvalue weighted by Crippen LogP contribution is 2.34. The number of nitriles is 1. The third-order valence-corrected chi connectivity index (χ3v) is 4.50. The first kappa shape index (κ1) is 15.6. The standard InChI is InChI=1S/C18H24N2O/c1-18(2,3)16-5-4-11-20(12-10-16)17(21)15-8-6-14(13-19)7-9-15/h6-9,16H,4-5,10-12H2,1-3H3. The minimum absolute atomic E-state index is 0.0917. The Labute approximate surface area is 127 Å². The van der Waals surface area contributed by atoms with Gasteiger partial charge in [-0.05, 0) is 54.9 Å². The Morgan fingerprint density at radius 3 is 2.43 bits per heavy atom. The average molecular weight is 284 g/mol. The summed E-state index contributed by atoms with van der Waals surface area (Å²) < 4.78 is 0. The second-order valence-electron chi connectivity index (χ2n) is 6.98. The quantitative estimate of drug-likeness (QED) is 0.786. The van der Waals surface area contributed by atoms with Crippen molar-refractivity contribution in [3.05, 3.63) is 35.4 Å². The largest absolute Gasteiger partial charge is 0.339 e. The van der Waals surface area contributed by atoms with Crippen LogP contribution in [-0.2, 0) is 0 Å². The molecule has 1 atom stereocenters. The van der Waals surface area contributed by atoms with Gasteiger partial charge in [0, 0.05) is 18.7 Å². The third kappa shape index (κ3) is 3.85. The fourth-order valence-corrected chi connectivity index (χ4v) is 3.04. The number of hydrogen-bond donors (Lipinski definition) is 0. The van der Waals surface area contributed by atoms with E-state index >= 15 is 0 Å². The molecular weight excluding hydrogens is 260 g/mol. The Hall–Kier alpha value is -1.82. The molecule has 0 spiro atoms. The van der Waals surface area contributed by atoms with Crippen molar-refractivity contribution in [2.45, 2.75) is 40.0 Å². The highest BCUT2D eigenvalue weighted by molar-refractivity contribution is 5.94. The molecule has 1 saturated heterocycles. The van der Waals surface area contributed by atoms with Crippen LogP contribution in [0.4, 0.5) is 0 Å². The first-order chi connectivity index (χ1) is 9.91. The van der Waals surface area contributed by atoms with Crippen molar-refractivity contribution in [2.24, 2.45) is 11.3 Å². The van der Waals surface area contributed by atoms with Gasteiger partial charge in [-0.3, -0.25) is 4.79 Å². The number of hydrogen-bond acceptors (Lipinski definition) is 2. The summed E-state index contributed by atoms with van der Waals surface area (Å²) in [6.45, 7) is 8.54. The molecule has 1 heterocycles. The highest BCUT2D eigenvalue weighted by atomic mass is 16.2. The van der Waals surface area contributed by atoms with Gasteiger partial charge < -0.3 is 4.90 Å².